The second-order valence-electron chi connectivity index (χ2n) is 8.92. The van der Waals surface area contributed by atoms with Crippen LogP contribution < -0.4 is 15.8 Å². The van der Waals surface area contributed by atoms with Crippen LogP contribution in [0.5, 0.6) is 0 Å². The van der Waals surface area contributed by atoms with E-state index in [4.69, 9.17) is 0 Å². The van der Waals surface area contributed by atoms with Crippen molar-refractivity contribution in [2.24, 2.45) is 11.8 Å². The number of carbonyl (C=O) groups is 1. The van der Waals surface area contributed by atoms with Crippen LogP contribution in [0.3, 0.4) is 0 Å². The highest BCUT2D eigenvalue weighted by Gasteiger charge is 2.28. The van der Waals surface area contributed by atoms with Gasteiger partial charge in [-0.3, -0.25) is 14.2 Å². The fourth-order valence-corrected chi connectivity index (χ4v) is 4.19. The predicted octanol–water partition coefficient (Wildman–Crippen LogP) is 3.22. The van der Waals surface area contributed by atoms with Gasteiger partial charge >= 0.3 is 0 Å². The lowest BCUT2D eigenvalue weighted by Gasteiger charge is -2.32. The smallest absolute Gasteiger partial charge is 0.295 e. The number of anilines is 1. The highest BCUT2D eigenvalue weighted by atomic mass is 16.2. The first-order valence-corrected chi connectivity index (χ1v) is 11.4. The summed E-state index contributed by atoms with van der Waals surface area (Å²) in [7, 11) is 0. The first kappa shape index (κ1) is 22.0. The minimum Gasteiger partial charge on any atom is -0.356 e. The van der Waals surface area contributed by atoms with E-state index < -0.39 is 0 Å². The first-order chi connectivity index (χ1) is 15.5. The number of hydrogen-bond acceptors (Lipinski definition) is 5. The number of carbonyl (C=O) groups excluding carboxylic acids is 1. The summed E-state index contributed by atoms with van der Waals surface area (Å²) in [5, 5.41) is 3.06. The number of aromatic nitrogens is 3. The number of rotatable bonds is 7. The number of nitrogens with zero attached hydrogens (tertiary/aromatic N) is 4. The van der Waals surface area contributed by atoms with Gasteiger partial charge in [0, 0.05) is 25.8 Å². The van der Waals surface area contributed by atoms with Gasteiger partial charge in [-0.1, -0.05) is 44.2 Å². The average Bonchev–Trinajstić information content (AvgIpc) is 2.81. The van der Waals surface area contributed by atoms with E-state index in [1.165, 1.54) is 0 Å². The molecule has 7 nitrogen and oxygen atoms in total. The number of piperidine rings is 1. The fourth-order valence-electron chi connectivity index (χ4n) is 4.19. The Labute approximate surface area is 188 Å². The van der Waals surface area contributed by atoms with Gasteiger partial charge in [-0.15, -0.1) is 0 Å². The molecule has 32 heavy (non-hydrogen) atoms. The van der Waals surface area contributed by atoms with Crippen molar-refractivity contribution < 1.29 is 4.79 Å². The number of pyridine rings is 1. The monoisotopic (exact) mass is 433 g/mol. The summed E-state index contributed by atoms with van der Waals surface area (Å²) in [5.41, 5.74) is 2.12. The van der Waals surface area contributed by atoms with E-state index in [9.17, 15) is 9.59 Å². The van der Waals surface area contributed by atoms with Crippen molar-refractivity contribution in [3.63, 3.8) is 0 Å². The quantitative estimate of drug-likeness (QED) is 0.619. The van der Waals surface area contributed by atoms with E-state index in [2.05, 4.69) is 29.1 Å². The van der Waals surface area contributed by atoms with E-state index in [1.807, 2.05) is 47.4 Å². The van der Waals surface area contributed by atoms with E-state index in [0.29, 0.717) is 42.5 Å². The van der Waals surface area contributed by atoms with Crippen LogP contribution in [0.25, 0.3) is 11.2 Å². The second kappa shape index (κ2) is 9.94. The summed E-state index contributed by atoms with van der Waals surface area (Å²) in [5.74, 6) is 0.893. The molecule has 1 unspecified atom stereocenters. The normalized spacial score (nSPS) is 16.5. The van der Waals surface area contributed by atoms with Crippen molar-refractivity contribution in [1.29, 1.82) is 0 Å². The van der Waals surface area contributed by atoms with Gasteiger partial charge in [-0.25, -0.2) is 9.97 Å². The van der Waals surface area contributed by atoms with E-state index in [0.717, 1.165) is 31.4 Å². The largest absolute Gasteiger partial charge is 0.356 e. The van der Waals surface area contributed by atoms with Gasteiger partial charge in [-0.05, 0) is 42.9 Å². The predicted molar refractivity (Wildman–Crippen MR) is 127 cm³/mol. The molecule has 0 aliphatic carbocycles. The van der Waals surface area contributed by atoms with Crippen LogP contribution >= 0.6 is 0 Å². The van der Waals surface area contributed by atoms with Gasteiger partial charge in [-0.2, -0.15) is 0 Å². The van der Waals surface area contributed by atoms with Crippen LogP contribution in [0.15, 0.2) is 53.5 Å². The van der Waals surface area contributed by atoms with Crippen molar-refractivity contribution in [3.05, 3.63) is 64.6 Å². The molecular weight excluding hydrogens is 402 g/mol. The fraction of sp³-hybridized carbons (Fsp3) is 0.440. The average molecular weight is 434 g/mol. The molecule has 7 heteroatoms. The van der Waals surface area contributed by atoms with Gasteiger partial charge in [0.15, 0.2) is 11.5 Å². The van der Waals surface area contributed by atoms with Crippen molar-refractivity contribution in [2.75, 3.05) is 24.5 Å². The summed E-state index contributed by atoms with van der Waals surface area (Å²) >= 11 is 0. The van der Waals surface area contributed by atoms with Crippen LogP contribution in [-0.4, -0.2) is 40.1 Å². The summed E-state index contributed by atoms with van der Waals surface area (Å²) in [6.45, 7) is 6.64. The van der Waals surface area contributed by atoms with Gasteiger partial charge in [0.05, 0.1) is 12.5 Å². The third-order valence-corrected chi connectivity index (χ3v) is 5.98. The van der Waals surface area contributed by atoms with E-state index in [1.54, 1.807) is 10.8 Å². The molecule has 0 saturated carbocycles. The highest BCUT2D eigenvalue weighted by Crippen LogP contribution is 2.22. The van der Waals surface area contributed by atoms with Crippen molar-refractivity contribution in [1.82, 2.24) is 19.9 Å². The molecule has 1 amide bonds. The molecule has 1 aromatic carbocycles. The minimum absolute atomic E-state index is 0.0717. The molecule has 168 valence electrons. The Morgan fingerprint density at radius 3 is 2.78 bits per heavy atom. The molecule has 0 spiro atoms. The Bertz CT molecular complexity index is 1130. The molecule has 1 fully saturated rings. The lowest BCUT2D eigenvalue weighted by Crippen LogP contribution is -2.46. The summed E-state index contributed by atoms with van der Waals surface area (Å²) in [4.78, 5) is 37.3. The zero-order chi connectivity index (χ0) is 22.5. The van der Waals surface area contributed by atoms with Crippen molar-refractivity contribution >= 4 is 22.9 Å². The molecular formula is C25H31N5O2. The maximum atomic E-state index is 13.5. The topological polar surface area (TPSA) is 80.1 Å². The number of benzene rings is 1. The zero-order valence-corrected chi connectivity index (χ0v) is 18.8. The number of fused-ring (bicyclic) bond motifs is 1. The Hall–Kier alpha value is -3.22. The van der Waals surface area contributed by atoms with Gasteiger partial charge < -0.3 is 10.2 Å². The van der Waals surface area contributed by atoms with Gasteiger partial charge in [0.25, 0.3) is 5.56 Å². The molecule has 1 aliphatic rings. The first-order valence-electron chi connectivity index (χ1n) is 11.4. The van der Waals surface area contributed by atoms with Gasteiger partial charge in [0.1, 0.15) is 5.52 Å². The number of hydrogen-bond donors (Lipinski definition) is 1. The number of nitrogens with one attached hydrogen (secondary N) is 1. The zero-order valence-electron chi connectivity index (χ0n) is 18.8. The van der Waals surface area contributed by atoms with Gasteiger partial charge in [0.2, 0.25) is 5.91 Å². The maximum absolute atomic E-state index is 13.5. The standard InChI is InChI=1S/C25H31N5O2/c1-18(2)12-14-27-24(31)20-10-7-15-29(17-20)23-25(32)30(16-19-8-4-3-5-9-19)22-21(28-23)11-6-13-26-22/h3-6,8-9,11,13,18,20H,7,10,12,14-17H2,1-2H3,(H,27,31). The van der Waals surface area contributed by atoms with Crippen molar-refractivity contribution in [3.8, 4) is 0 Å². The Morgan fingerprint density at radius 1 is 1.19 bits per heavy atom. The van der Waals surface area contributed by atoms with Crippen LogP contribution in [0.1, 0.15) is 38.7 Å². The third kappa shape index (κ3) is 4.98. The minimum atomic E-state index is -0.166. The lowest BCUT2D eigenvalue weighted by molar-refractivity contribution is -0.125. The molecule has 1 N–H and O–H groups in total. The molecule has 0 radical (unpaired) electrons. The van der Waals surface area contributed by atoms with Crippen LogP contribution in [0, 0.1) is 11.8 Å². The third-order valence-electron chi connectivity index (χ3n) is 5.98. The van der Waals surface area contributed by atoms with Crippen LogP contribution in [-0.2, 0) is 11.3 Å². The molecule has 1 aliphatic heterocycles. The summed E-state index contributed by atoms with van der Waals surface area (Å²) in [6.07, 6.45) is 4.33. The Kier molecular flexibility index (Phi) is 6.83. The molecule has 3 aromatic rings. The second-order valence-corrected chi connectivity index (χ2v) is 8.92. The summed E-state index contributed by atoms with van der Waals surface area (Å²) in [6, 6.07) is 13.6. The summed E-state index contributed by atoms with van der Waals surface area (Å²) < 4.78 is 1.69. The number of amides is 1. The van der Waals surface area contributed by atoms with Crippen LogP contribution in [0.4, 0.5) is 5.82 Å². The molecule has 1 saturated heterocycles. The van der Waals surface area contributed by atoms with Crippen LogP contribution in [0.2, 0.25) is 0 Å². The molecule has 3 heterocycles. The molecule has 1 atom stereocenters. The molecule has 4 rings (SSSR count). The maximum Gasteiger partial charge on any atom is 0.295 e. The molecule has 0 bridgehead atoms. The Balaban J connectivity index is 1.61. The Morgan fingerprint density at radius 2 is 2.00 bits per heavy atom. The molecule has 2 aromatic heterocycles. The lowest BCUT2D eigenvalue weighted by atomic mass is 9.97. The van der Waals surface area contributed by atoms with Crippen molar-refractivity contribution in [2.45, 2.75) is 39.7 Å². The highest BCUT2D eigenvalue weighted by molar-refractivity contribution is 5.79. The van der Waals surface area contributed by atoms with E-state index in [-0.39, 0.29) is 17.4 Å². The SMILES string of the molecule is CC(C)CCNC(=O)C1CCCN(c2nc3cccnc3n(Cc3ccccc3)c2=O)C1. The van der Waals surface area contributed by atoms with E-state index >= 15 is 0 Å².